The smallest absolute Gasteiger partial charge is 0.264 e. The van der Waals surface area contributed by atoms with Crippen molar-refractivity contribution >= 4 is 27.5 Å². The molecule has 0 bridgehead atoms. The third-order valence-electron chi connectivity index (χ3n) is 8.43. The Bertz CT molecular complexity index is 1610. The zero-order chi connectivity index (χ0) is 32.0. The van der Waals surface area contributed by atoms with Gasteiger partial charge in [0.1, 0.15) is 31.6 Å². The predicted molar refractivity (Wildman–Crippen MR) is 169 cm³/mol. The van der Waals surface area contributed by atoms with Crippen LogP contribution in [0, 0.1) is 12.7 Å². The van der Waals surface area contributed by atoms with Crippen LogP contribution in [0.1, 0.15) is 56.6 Å². The van der Waals surface area contributed by atoms with Gasteiger partial charge in [-0.3, -0.25) is 13.9 Å². The molecule has 45 heavy (non-hydrogen) atoms. The van der Waals surface area contributed by atoms with Crippen LogP contribution in [0.5, 0.6) is 11.5 Å². The summed E-state index contributed by atoms with van der Waals surface area (Å²) in [5.41, 5.74) is 1.89. The molecule has 5 rings (SSSR count). The molecule has 3 aromatic rings. The van der Waals surface area contributed by atoms with Crippen LogP contribution in [-0.2, 0) is 26.2 Å². The summed E-state index contributed by atoms with van der Waals surface area (Å²) in [5.74, 6) is -0.667. The van der Waals surface area contributed by atoms with E-state index in [0.717, 1.165) is 59.7 Å². The predicted octanol–water partition coefficient (Wildman–Crippen LogP) is 5.36. The van der Waals surface area contributed by atoms with Gasteiger partial charge in [0.25, 0.3) is 10.0 Å². The Balaban J connectivity index is 1.50. The van der Waals surface area contributed by atoms with E-state index in [4.69, 9.17) is 9.47 Å². The molecule has 1 fully saturated rings. The number of sulfonamides is 1. The van der Waals surface area contributed by atoms with E-state index in [2.05, 4.69) is 5.32 Å². The number of hydrogen-bond acceptors (Lipinski definition) is 6. The average molecular weight is 638 g/mol. The third-order valence-corrected chi connectivity index (χ3v) is 10.2. The molecule has 1 atom stereocenters. The Hall–Kier alpha value is -4.12. The molecular formula is C34H40FN3O6S. The second kappa shape index (κ2) is 14.3. The molecular weight excluding hydrogens is 597 g/mol. The molecule has 0 unspecified atom stereocenters. The molecule has 0 saturated heterocycles. The zero-order valence-corrected chi connectivity index (χ0v) is 26.5. The normalized spacial score (nSPS) is 15.6. The third kappa shape index (κ3) is 7.58. The lowest BCUT2D eigenvalue weighted by molar-refractivity contribution is -0.140. The van der Waals surface area contributed by atoms with Gasteiger partial charge in [0.2, 0.25) is 11.8 Å². The number of nitrogens with one attached hydrogen (secondary N) is 1. The minimum absolute atomic E-state index is 0.0435. The fourth-order valence-corrected chi connectivity index (χ4v) is 7.31. The van der Waals surface area contributed by atoms with Crippen LogP contribution in [0.2, 0.25) is 0 Å². The number of carbonyl (C=O) groups is 2. The van der Waals surface area contributed by atoms with Gasteiger partial charge in [0, 0.05) is 18.7 Å². The molecule has 9 nitrogen and oxygen atoms in total. The van der Waals surface area contributed by atoms with Crippen molar-refractivity contribution in [2.45, 2.75) is 75.9 Å². The van der Waals surface area contributed by atoms with E-state index in [-0.39, 0.29) is 41.4 Å². The molecule has 0 aromatic heterocycles. The highest BCUT2D eigenvalue weighted by Crippen LogP contribution is 2.34. The fourth-order valence-electron chi connectivity index (χ4n) is 5.88. The van der Waals surface area contributed by atoms with Gasteiger partial charge in [-0.1, -0.05) is 50.5 Å². The molecule has 1 N–H and O–H groups in total. The Morgan fingerprint density at radius 1 is 0.956 bits per heavy atom. The number of benzene rings is 3. The Labute approximate surface area is 264 Å². The molecule has 11 heteroatoms. The number of rotatable bonds is 11. The van der Waals surface area contributed by atoms with Crippen molar-refractivity contribution < 1.29 is 31.9 Å². The minimum atomic E-state index is -4.36. The van der Waals surface area contributed by atoms with Gasteiger partial charge in [0.15, 0.2) is 11.5 Å². The molecule has 240 valence electrons. The summed E-state index contributed by atoms with van der Waals surface area (Å²) >= 11 is 0. The van der Waals surface area contributed by atoms with Gasteiger partial charge in [-0.2, -0.15) is 0 Å². The molecule has 2 aliphatic rings. The highest BCUT2D eigenvalue weighted by atomic mass is 32.2. The SMILES string of the molecule is CC[C@@H](C(=O)NC1CCCCC1)N(Cc1ccccc1C)C(=O)CN(c1ccc(F)cc1)S(=O)(=O)c1ccc2c(c1)OCCO2. The monoisotopic (exact) mass is 637 g/mol. The molecule has 1 aliphatic carbocycles. The lowest BCUT2D eigenvalue weighted by atomic mass is 9.95. The topological polar surface area (TPSA) is 105 Å². The number of aryl methyl sites for hydroxylation is 1. The standard InChI is InChI=1S/C34H40FN3O6S/c1-3-30(34(40)36-27-11-5-4-6-12-27)37(22-25-10-8-7-9-24(25)2)33(39)23-38(28-15-13-26(35)14-16-28)45(41,42)29-17-18-31-32(21-29)44-20-19-43-31/h7-10,13-18,21,27,30H,3-6,11-12,19-20,22-23H2,1-2H3,(H,36,40)/t30-/m0/s1. The van der Waals surface area contributed by atoms with Crippen molar-refractivity contribution in [2.75, 3.05) is 24.1 Å². The van der Waals surface area contributed by atoms with Crippen molar-refractivity contribution in [3.05, 3.63) is 83.7 Å². The number of amides is 2. The second-order valence-electron chi connectivity index (χ2n) is 11.5. The number of halogens is 1. The summed E-state index contributed by atoms with van der Waals surface area (Å²) in [4.78, 5) is 29.4. The number of ether oxygens (including phenoxy) is 2. The molecule has 0 spiro atoms. The van der Waals surface area contributed by atoms with Crippen LogP contribution in [0.4, 0.5) is 10.1 Å². The molecule has 1 saturated carbocycles. The first kappa shape index (κ1) is 32.3. The van der Waals surface area contributed by atoms with E-state index in [1.54, 1.807) is 0 Å². The van der Waals surface area contributed by atoms with E-state index in [1.807, 2.05) is 38.1 Å². The van der Waals surface area contributed by atoms with Crippen molar-refractivity contribution in [2.24, 2.45) is 0 Å². The van der Waals surface area contributed by atoms with Crippen molar-refractivity contribution in [1.29, 1.82) is 0 Å². The van der Waals surface area contributed by atoms with Crippen LogP contribution < -0.4 is 19.1 Å². The summed E-state index contributed by atoms with van der Waals surface area (Å²) < 4.78 is 54.5. The van der Waals surface area contributed by atoms with E-state index in [9.17, 15) is 22.4 Å². The van der Waals surface area contributed by atoms with E-state index >= 15 is 0 Å². The zero-order valence-electron chi connectivity index (χ0n) is 25.7. The Kier molecular flexibility index (Phi) is 10.3. The van der Waals surface area contributed by atoms with Gasteiger partial charge in [-0.25, -0.2) is 12.8 Å². The number of nitrogens with zero attached hydrogens (tertiary/aromatic N) is 2. The summed E-state index contributed by atoms with van der Waals surface area (Å²) in [6.07, 6.45) is 5.33. The summed E-state index contributed by atoms with van der Waals surface area (Å²) in [5, 5.41) is 3.15. The average Bonchev–Trinajstić information content (AvgIpc) is 3.05. The fraction of sp³-hybridized carbons (Fsp3) is 0.412. The highest BCUT2D eigenvalue weighted by molar-refractivity contribution is 7.92. The molecule has 1 aliphatic heterocycles. The maximum Gasteiger partial charge on any atom is 0.264 e. The first-order valence-electron chi connectivity index (χ1n) is 15.5. The van der Waals surface area contributed by atoms with Crippen LogP contribution >= 0.6 is 0 Å². The highest BCUT2D eigenvalue weighted by Gasteiger charge is 2.35. The van der Waals surface area contributed by atoms with E-state index in [0.29, 0.717) is 18.8 Å². The van der Waals surface area contributed by atoms with E-state index in [1.165, 1.54) is 35.2 Å². The summed E-state index contributed by atoms with van der Waals surface area (Å²) in [7, 11) is -4.36. The first-order chi connectivity index (χ1) is 21.7. The van der Waals surface area contributed by atoms with Crippen molar-refractivity contribution in [3.8, 4) is 11.5 Å². The lowest BCUT2D eigenvalue weighted by Crippen LogP contribution is -2.54. The molecule has 3 aromatic carbocycles. The Morgan fingerprint density at radius 3 is 2.33 bits per heavy atom. The molecule has 2 amide bonds. The van der Waals surface area contributed by atoms with Gasteiger partial charge in [0.05, 0.1) is 10.6 Å². The van der Waals surface area contributed by atoms with Gasteiger partial charge in [-0.05, 0) is 73.7 Å². The second-order valence-corrected chi connectivity index (χ2v) is 13.4. The van der Waals surface area contributed by atoms with Gasteiger partial charge in [-0.15, -0.1) is 0 Å². The van der Waals surface area contributed by atoms with Gasteiger partial charge < -0.3 is 19.7 Å². The van der Waals surface area contributed by atoms with Crippen molar-refractivity contribution in [3.63, 3.8) is 0 Å². The van der Waals surface area contributed by atoms with Crippen LogP contribution in [0.25, 0.3) is 0 Å². The van der Waals surface area contributed by atoms with Crippen molar-refractivity contribution in [1.82, 2.24) is 10.2 Å². The largest absolute Gasteiger partial charge is 0.486 e. The Morgan fingerprint density at radius 2 is 1.64 bits per heavy atom. The number of fused-ring (bicyclic) bond motifs is 1. The summed E-state index contributed by atoms with van der Waals surface area (Å²) in [6, 6.07) is 16.0. The minimum Gasteiger partial charge on any atom is -0.486 e. The first-order valence-corrected chi connectivity index (χ1v) is 16.9. The van der Waals surface area contributed by atoms with Crippen LogP contribution in [0.3, 0.4) is 0 Å². The quantitative estimate of drug-likeness (QED) is 0.304. The maximum atomic E-state index is 14.3. The number of hydrogen-bond donors (Lipinski definition) is 1. The number of anilines is 1. The maximum absolute atomic E-state index is 14.3. The molecule has 0 radical (unpaired) electrons. The van der Waals surface area contributed by atoms with Crippen LogP contribution in [-0.4, -0.2) is 57.0 Å². The number of carbonyl (C=O) groups excluding carboxylic acids is 2. The van der Waals surface area contributed by atoms with E-state index < -0.39 is 34.3 Å². The lowest BCUT2D eigenvalue weighted by Gasteiger charge is -2.34. The summed E-state index contributed by atoms with van der Waals surface area (Å²) in [6.45, 7) is 3.89. The molecule has 1 heterocycles. The van der Waals surface area contributed by atoms with Crippen LogP contribution in [0.15, 0.2) is 71.6 Å². The van der Waals surface area contributed by atoms with Gasteiger partial charge >= 0.3 is 0 Å².